The Bertz CT molecular complexity index is 977. The molecule has 0 heterocycles. The Balaban J connectivity index is 1.97. The van der Waals surface area contributed by atoms with Crippen LogP contribution < -0.4 is 5.32 Å². The Labute approximate surface area is 173 Å². The Hall–Kier alpha value is -3.38. The molecule has 0 aliphatic carbocycles. The van der Waals surface area contributed by atoms with E-state index in [1.807, 2.05) is 78.9 Å². The largest absolute Gasteiger partial charge is 0.463 e. The number of rotatable bonds is 6. The van der Waals surface area contributed by atoms with Crippen LogP contribution in [0.3, 0.4) is 0 Å². The fourth-order valence-electron chi connectivity index (χ4n) is 2.57. The van der Waals surface area contributed by atoms with Gasteiger partial charge in [0.05, 0.1) is 12.8 Å². The van der Waals surface area contributed by atoms with E-state index in [1.165, 1.54) is 18.9 Å². The summed E-state index contributed by atoms with van der Waals surface area (Å²) in [6.07, 6.45) is 0. The number of aliphatic imine (C=N–C) groups is 1. The molecule has 146 valence electrons. The molecule has 0 aliphatic rings. The van der Waals surface area contributed by atoms with E-state index in [0.717, 1.165) is 11.4 Å². The van der Waals surface area contributed by atoms with Gasteiger partial charge in [-0.1, -0.05) is 78.5 Å². The summed E-state index contributed by atoms with van der Waals surface area (Å²) < 4.78 is 4.67. The predicted octanol–water partition coefficient (Wildman–Crippen LogP) is 5.00. The summed E-state index contributed by atoms with van der Waals surface area (Å²) in [4.78, 5) is 29.4. The molecular weight excluding hydrogens is 384 g/mol. The van der Waals surface area contributed by atoms with Crippen molar-refractivity contribution in [3.05, 3.63) is 96.6 Å². The molecule has 1 unspecified atom stereocenters. The average molecular weight is 404 g/mol. The Morgan fingerprint density at radius 3 is 2.00 bits per heavy atom. The minimum absolute atomic E-state index is 0.494. The van der Waals surface area contributed by atoms with Crippen LogP contribution in [0.2, 0.25) is 0 Å². The zero-order valence-electron chi connectivity index (χ0n) is 15.8. The molecule has 0 aliphatic heterocycles. The van der Waals surface area contributed by atoms with Gasteiger partial charge in [0.25, 0.3) is 5.78 Å². The van der Waals surface area contributed by atoms with Crippen molar-refractivity contribution in [3.8, 4) is 0 Å². The minimum Gasteiger partial charge on any atom is -0.463 e. The lowest BCUT2D eigenvalue weighted by Crippen LogP contribution is -2.24. The highest BCUT2D eigenvalue weighted by Crippen LogP contribution is 2.33. The molecule has 0 bridgehead atoms. The number of carbonyl (C=O) groups excluding carboxylic acids is 2. The van der Waals surface area contributed by atoms with Gasteiger partial charge >= 0.3 is 5.97 Å². The van der Waals surface area contributed by atoms with E-state index in [2.05, 4.69) is 15.0 Å². The zero-order valence-corrected chi connectivity index (χ0v) is 16.6. The fraction of sp³-hybridized carbons (Fsp3) is 0.0870. The second kappa shape index (κ2) is 10.2. The van der Waals surface area contributed by atoms with E-state index in [4.69, 9.17) is 0 Å². The van der Waals surface area contributed by atoms with Gasteiger partial charge in [0, 0.05) is 5.69 Å². The summed E-state index contributed by atoms with van der Waals surface area (Å²) in [5.74, 6) is -1.52. The average Bonchev–Trinajstić information content (AvgIpc) is 2.78. The van der Waals surface area contributed by atoms with Crippen LogP contribution in [0.15, 0.2) is 96.0 Å². The number of hydrogen-bond acceptors (Lipinski definition) is 5. The maximum atomic E-state index is 12.7. The van der Waals surface area contributed by atoms with Gasteiger partial charge in [0.2, 0.25) is 0 Å². The molecule has 0 saturated heterocycles. The van der Waals surface area contributed by atoms with Crippen molar-refractivity contribution in [2.45, 2.75) is 5.25 Å². The van der Waals surface area contributed by atoms with Gasteiger partial charge in [-0.3, -0.25) is 4.79 Å². The highest BCUT2D eigenvalue weighted by atomic mass is 32.2. The van der Waals surface area contributed by atoms with Crippen LogP contribution in [0.25, 0.3) is 0 Å². The second-order valence-corrected chi connectivity index (χ2v) is 7.10. The first-order valence-electron chi connectivity index (χ1n) is 8.97. The molecule has 0 spiro atoms. The van der Waals surface area contributed by atoms with E-state index in [9.17, 15) is 9.59 Å². The number of nitrogens with zero attached hydrogens (tertiary/aromatic N) is 1. The van der Waals surface area contributed by atoms with Crippen molar-refractivity contribution in [3.63, 3.8) is 0 Å². The van der Waals surface area contributed by atoms with Crippen LogP contribution in [0.5, 0.6) is 0 Å². The second-order valence-electron chi connectivity index (χ2n) is 6.01. The number of carbonyl (C=O) groups is 2. The molecule has 1 N–H and O–H groups in total. The molecule has 3 aromatic carbocycles. The lowest BCUT2D eigenvalue weighted by molar-refractivity contribution is -0.151. The number of ether oxygens (including phenoxy) is 1. The number of hydrogen-bond donors (Lipinski definition) is 1. The quantitative estimate of drug-likeness (QED) is 0.271. The molecule has 0 amide bonds. The van der Waals surface area contributed by atoms with Crippen LogP contribution in [-0.2, 0) is 14.3 Å². The van der Waals surface area contributed by atoms with Gasteiger partial charge in [-0.05, 0) is 29.8 Å². The molecule has 29 heavy (non-hydrogen) atoms. The molecule has 6 heteroatoms. The Kier molecular flexibility index (Phi) is 7.19. The van der Waals surface area contributed by atoms with Gasteiger partial charge in [-0.25, -0.2) is 9.79 Å². The standard InChI is InChI=1S/C23H20N2O3S/c1-28-22(27)20(26)21(17-11-5-2-6-12-17)29-23(24-18-13-7-3-8-14-18)25-19-15-9-4-10-16-19/h2-16,21H,1H3,(H,24,25). The third-order valence-electron chi connectivity index (χ3n) is 3.97. The number of Topliss-reactive ketones (excluding diaryl/α,β-unsaturated/α-hetero) is 1. The number of esters is 1. The van der Waals surface area contributed by atoms with Crippen LogP contribution in [0, 0.1) is 0 Å². The number of methoxy groups -OCH3 is 1. The lowest BCUT2D eigenvalue weighted by Gasteiger charge is -2.17. The number of ketones is 1. The summed E-state index contributed by atoms with van der Waals surface area (Å²) >= 11 is 1.17. The summed E-state index contributed by atoms with van der Waals surface area (Å²) in [6, 6.07) is 28.1. The van der Waals surface area contributed by atoms with E-state index in [-0.39, 0.29) is 0 Å². The summed E-state index contributed by atoms with van der Waals surface area (Å²) in [5.41, 5.74) is 2.26. The first kappa shape index (κ1) is 20.4. The van der Waals surface area contributed by atoms with Gasteiger partial charge < -0.3 is 10.1 Å². The smallest absolute Gasteiger partial charge is 0.375 e. The molecule has 0 aromatic heterocycles. The maximum absolute atomic E-state index is 12.7. The predicted molar refractivity (Wildman–Crippen MR) is 117 cm³/mol. The van der Waals surface area contributed by atoms with Crippen molar-refractivity contribution in [2.24, 2.45) is 4.99 Å². The van der Waals surface area contributed by atoms with Crippen molar-refractivity contribution in [2.75, 3.05) is 12.4 Å². The minimum atomic E-state index is -0.884. The van der Waals surface area contributed by atoms with Crippen LogP contribution in [0.1, 0.15) is 10.8 Å². The molecular formula is C23H20N2O3S. The SMILES string of the molecule is COC(=O)C(=O)C(SC(=Nc1ccccc1)Nc1ccccc1)c1ccccc1. The Morgan fingerprint density at radius 2 is 1.41 bits per heavy atom. The van der Waals surface area contributed by atoms with Crippen LogP contribution in [0.4, 0.5) is 11.4 Å². The number of benzene rings is 3. The van der Waals surface area contributed by atoms with Gasteiger partial charge in [0.15, 0.2) is 5.17 Å². The third kappa shape index (κ3) is 5.80. The summed E-state index contributed by atoms with van der Waals surface area (Å²) in [5, 5.41) is 2.95. The van der Waals surface area contributed by atoms with Crippen molar-refractivity contribution >= 4 is 40.1 Å². The first-order valence-corrected chi connectivity index (χ1v) is 9.85. The van der Waals surface area contributed by atoms with Crippen molar-refractivity contribution < 1.29 is 14.3 Å². The van der Waals surface area contributed by atoms with Crippen molar-refractivity contribution in [1.82, 2.24) is 0 Å². The first-order chi connectivity index (χ1) is 14.2. The number of thioether (sulfide) groups is 1. The van der Waals surface area contributed by atoms with Crippen LogP contribution in [-0.4, -0.2) is 24.0 Å². The van der Waals surface area contributed by atoms with Gasteiger partial charge in [-0.2, -0.15) is 0 Å². The molecule has 0 fully saturated rings. The lowest BCUT2D eigenvalue weighted by atomic mass is 10.1. The molecule has 0 radical (unpaired) electrons. The number of nitrogens with one attached hydrogen (secondary N) is 1. The zero-order chi connectivity index (χ0) is 20.5. The summed E-state index contributed by atoms with van der Waals surface area (Å²) in [6.45, 7) is 0. The van der Waals surface area contributed by atoms with E-state index < -0.39 is 17.0 Å². The number of para-hydroxylation sites is 2. The monoisotopic (exact) mass is 404 g/mol. The molecule has 3 rings (SSSR count). The Morgan fingerprint density at radius 1 is 0.862 bits per heavy atom. The number of amidine groups is 1. The van der Waals surface area contributed by atoms with E-state index in [0.29, 0.717) is 10.7 Å². The highest BCUT2D eigenvalue weighted by molar-refractivity contribution is 8.15. The molecule has 5 nitrogen and oxygen atoms in total. The topological polar surface area (TPSA) is 67.8 Å². The van der Waals surface area contributed by atoms with Crippen molar-refractivity contribution in [1.29, 1.82) is 0 Å². The maximum Gasteiger partial charge on any atom is 0.375 e. The molecule has 3 aromatic rings. The van der Waals surface area contributed by atoms with E-state index in [1.54, 1.807) is 12.1 Å². The highest BCUT2D eigenvalue weighted by Gasteiger charge is 2.30. The van der Waals surface area contributed by atoms with Gasteiger partial charge in [0.1, 0.15) is 5.25 Å². The molecule has 0 saturated carbocycles. The summed E-state index contributed by atoms with van der Waals surface area (Å²) in [7, 11) is 1.20. The number of anilines is 1. The molecule has 1 atom stereocenters. The third-order valence-corrected chi connectivity index (χ3v) is 5.11. The fourth-order valence-corrected chi connectivity index (χ4v) is 3.62. The normalized spacial score (nSPS) is 12.1. The van der Waals surface area contributed by atoms with Crippen LogP contribution >= 0.6 is 11.8 Å². The van der Waals surface area contributed by atoms with E-state index >= 15 is 0 Å². The van der Waals surface area contributed by atoms with Gasteiger partial charge in [-0.15, -0.1) is 0 Å².